The number of aromatic amines is 1. The van der Waals surface area contributed by atoms with Gasteiger partial charge in [0.2, 0.25) is 20.0 Å². The summed E-state index contributed by atoms with van der Waals surface area (Å²) in [7, 11) is -3.86. The Morgan fingerprint density at radius 3 is 2.67 bits per heavy atom. The van der Waals surface area contributed by atoms with E-state index in [1.54, 1.807) is 0 Å². The molecule has 0 atom stereocenters. The minimum atomic E-state index is -3.86. The Morgan fingerprint density at radius 2 is 1.93 bits per heavy atom. The van der Waals surface area contributed by atoms with Gasteiger partial charge >= 0.3 is 0 Å². The van der Waals surface area contributed by atoms with Crippen molar-refractivity contribution in [1.29, 1.82) is 0 Å². The van der Waals surface area contributed by atoms with Crippen molar-refractivity contribution in [3.8, 4) is 11.4 Å². The summed E-state index contributed by atoms with van der Waals surface area (Å²) in [5, 5.41) is 11.3. The van der Waals surface area contributed by atoms with Gasteiger partial charge in [-0.15, -0.1) is 0 Å². The van der Waals surface area contributed by atoms with Crippen molar-refractivity contribution in [2.24, 2.45) is 0 Å². The Kier molecular flexibility index (Phi) is 5.48. The SMILES string of the molecule is CCCCc1nn2c(=O)cc(CS(=O)(=O)c3nc(-c4ccc(C)cc4)n[nH]3)nc2s1. The van der Waals surface area contributed by atoms with Crippen LogP contribution < -0.4 is 5.56 Å². The van der Waals surface area contributed by atoms with Crippen LogP contribution in [-0.2, 0) is 22.0 Å². The zero-order valence-electron chi connectivity index (χ0n) is 16.5. The number of fused-ring (bicyclic) bond motifs is 1. The molecule has 156 valence electrons. The number of nitrogens with one attached hydrogen (secondary N) is 1. The van der Waals surface area contributed by atoms with Crippen LogP contribution in [0.2, 0.25) is 0 Å². The van der Waals surface area contributed by atoms with E-state index in [2.05, 4.69) is 32.2 Å². The Bertz CT molecular complexity index is 1350. The molecule has 0 bridgehead atoms. The van der Waals surface area contributed by atoms with Gasteiger partial charge in [-0.25, -0.2) is 18.5 Å². The molecule has 0 aliphatic rings. The maximum Gasteiger partial charge on any atom is 0.275 e. The van der Waals surface area contributed by atoms with Gasteiger partial charge in [-0.05, 0) is 13.3 Å². The zero-order valence-corrected chi connectivity index (χ0v) is 18.1. The van der Waals surface area contributed by atoms with Gasteiger partial charge in [-0.3, -0.25) is 4.79 Å². The molecule has 0 saturated heterocycles. The zero-order chi connectivity index (χ0) is 21.3. The minimum Gasteiger partial charge on any atom is -0.267 e. The number of benzene rings is 1. The van der Waals surface area contributed by atoms with Crippen molar-refractivity contribution >= 4 is 26.1 Å². The van der Waals surface area contributed by atoms with Gasteiger partial charge < -0.3 is 0 Å². The van der Waals surface area contributed by atoms with Crippen molar-refractivity contribution in [2.45, 2.75) is 44.0 Å². The van der Waals surface area contributed by atoms with Crippen LogP contribution in [0.1, 0.15) is 36.0 Å². The quantitative estimate of drug-likeness (QED) is 0.465. The van der Waals surface area contributed by atoms with Gasteiger partial charge in [0.15, 0.2) is 5.82 Å². The average Bonchev–Trinajstić information content (AvgIpc) is 3.34. The fraction of sp³-hybridized carbons (Fsp3) is 0.316. The fourth-order valence-electron chi connectivity index (χ4n) is 2.88. The molecule has 1 N–H and O–H groups in total. The summed E-state index contributed by atoms with van der Waals surface area (Å²) in [5.41, 5.74) is 1.54. The Labute approximate surface area is 176 Å². The van der Waals surface area contributed by atoms with Crippen LogP contribution in [0.4, 0.5) is 0 Å². The third-order valence-electron chi connectivity index (χ3n) is 4.49. The van der Waals surface area contributed by atoms with Crippen molar-refractivity contribution in [3.05, 3.63) is 57.0 Å². The van der Waals surface area contributed by atoms with E-state index in [1.807, 2.05) is 31.2 Å². The Morgan fingerprint density at radius 1 is 1.17 bits per heavy atom. The largest absolute Gasteiger partial charge is 0.275 e. The molecule has 3 heterocycles. The van der Waals surface area contributed by atoms with Gasteiger partial charge in [0.05, 0.1) is 5.69 Å². The van der Waals surface area contributed by atoms with E-state index in [-0.39, 0.29) is 10.9 Å². The molecule has 0 aliphatic heterocycles. The monoisotopic (exact) mass is 444 g/mol. The standard InChI is InChI=1S/C19H20N6O3S2/c1-3-4-5-15-24-25-16(26)10-14(20-19(25)29-15)11-30(27,28)18-21-17(22-23-18)13-8-6-12(2)7-9-13/h6-10H,3-5,11H2,1-2H3,(H,21,22,23). The second-order valence-electron chi connectivity index (χ2n) is 6.97. The highest BCUT2D eigenvalue weighted by atomic mass is 32.2. The number of H-pyrrole nitrogens is 1. The lowest BCUT2D eigenvalue weighted by molar-refractivity contribution is 0.586. The maximum atomic E-state index is 12.8. The number of hydrogen-bond acceptors (Lipinski definition) is 8. The highest BCUT2D eigenvalue weighted by molar-refractivity contribution is 7.90. The van der Waals surface area contributed by atoms with Crippen LogP contribution in [-0.4, -0.2) is 38.2 Å². The van der Waals surface area contributed by atoms with Crippen LogP contribution >= 0.6 is 11.3 Å². The van der Waals surface area contributed by atoms with E-state index in [4.69, 9.17) is 0 Å². The van der Waals surface area contributed by atoms with Gasteiger partial charge in [0.25, 0.3) is 5.56 Å². The second kappa shape index (κ2) is 8.07. The molecule has 0 saturated carbocycles. The first-order valence-corrected chi connectivity index (χ1v) is 11.9. The molecule has 4 aromatic rings. The molecule has 0 spiro atoms. The molecular formula is C19H20N6O3S2. The Balaban J connectivity index is 1.61. The lowest BCUT2D eigenvalue weighted by Crippen LogP contribution is -2.17. The topological polar surface area (TPSA) is 123 Å². The summed E-state index contributed by atoms with van der Waals surface area (Å²) in [5.74, 6) is -0.163. The molecule has 0 unspecified atom stereocenters. The molecular weight excluding hydrogens is 424 g/mol. The first-order chi connectivity index (χ1) is 14.4. The predicted molar refractivity (Wildman–Crippen MR) is 113 cm³/mol. The summed E-state index contributed by atoms with van der Waals surface area (Å²) in [6, 6.07) is 8.65. The van der Waals surface area contributed by atoms with E-state index < -0.39 is 21.1 Å². The average molecular weight is 445 g/mol. The Hall–Kier alpha value is -2.92. The maximum absolute atomic E-state index is 12.8. The van der Waals surface area contributed by atoms with Gasteiger partial charge in [-0.1, -0.05) is 54.5 Å². The number of sulfone groups is 1. The van der Waals surface area contributed by atoms with Gasteiger partial charge in [0, 0.05) is 18.1 Å². The molecule has 0 aliphatic carbocycles. The molecule has 11 heteroatoms. The van der Waals surface area contributed by atoms with Gasteiger partial charge in [-0.2, -0.15) is 19.7 Å². The number of rotatable bonds is 7. The summed E-state index contributed by atoms with van der Waals surface area (Å²) >= 11 is 1.30. The number of nitrogens with zero attached hydrogens (tertiary/aromatic N) is 5. The summed E-state index contributed by atoms with van der Waals surface area (Å²) in [6.07, 6.45) is 2.74. The van der Waals surface area contributed by atoms with Crippen LogP contribution in [0, 0.1) is 6.92 Å². The van der Waals surface area contributed by atoms with E-state index >= 15 is 0 Å². The highest BCUT2D eigenvalue weighted by Gasteiger charge is 2.23. The third kappa shape index (κ3) is 4.17. The van der Waals surface area contributed by atoms with Crippen molar-refractivity contribution in [1.82, 2.24) is 29.8 Å². The van der Waals surface area contributed by atoms with Crippen molar-refractivity contribution in [3.63, 3.8) is 0 Å². The summed E-state index contributed by atoms with van der Waals surface area (Å²) in [6.45, 7) is 4.04. The van der Waals surface area contributed by atoms with E-state index in [1.165, 1.54) is 21.9 Å². The fourth-order valence-corrected chi connectivity index (χ4v) is 4.92. The number of unbranched alkanes of at least 4 members (excludes halogenated alkanes) is 1. The third-order valence-corrected chi connectivity index (χ3v) is 6.91. The van der Waals surface area contributed by atoms with E-state index in [9.17, 15) is 13.2 Å². The molecule has 0 fully saturated rings. The summed E-state index contributed by atoms with van der Waals surface area (Å²) < 4.78 is 26.8. The van der Waals surface area contributed by atoms with Crippen LogP contribution in [0.15, 0.2) is 40.3 Å². The van der Waals surface area contributed by atoms with Crippen molar-refractivity contribution < 1.29 is 8.42 Å². The van der Waals surface area contributed by atoms with Crippen LogP contribution in [0.3, 0.4) is 0 Å². The normalized spacial score (nSPS) is 11.9. The first kappa shape index (κ1) is 20.4. The first-order valence-electron chi connectivity index (χ1n) is 9.46. The molecule has 0 amide bonds. The summed E-state index contributed by atoms with van der Waals surface area (Å²) in [4.78, 5) is 21.2. The predicted octanol–water partition coefficient (Wildman–Crippen LogP) is 2.56. The molecule has 1 aromatic carbocycles. The van der Waals surface area contributed by atoms with Crippen LogP contribution in [0.5, 0.6) is 0 Å². The lowest BCUT2D eigenvalue weighted by atomic mass is 10.1. The smallest absolute Gasteiger partial charge is 0.267 e. The molecule has 3 aromatic heterocycles. The van der Waals surface area contributed by atoms with E-state index in [0.717, 1.165) is 29.8 Å². The van der Waals surface area contributed by atoms with Gasteiger partial charge in [0.1, 0.15) is 10.8 Å². The van der Waals surface area contributed by atoms with Crippen molar-refractivity contribution in [2.75, 3.05) is 0 Å². The number of hydrogen-bond donors (Lipinski definition) is 1. The number of aryl methyl sites for hydroxylation is 2. The second-order valence-corrected chi connectivity index (χ2v) is 9.91. The van der Waals surface area contributed by atoms with Crippen LogP contribution in [0.25, 0.3) is 16.3 Å². The molecule has 4 rings (SSSR count). The van der Waals surface area contributed by atoms with E-state index in [0.29, 0.717) is 16.3 Å². The number of aromatic nitrogens is 6. The molecule has 30 heavy (non-hydrogen) atoms. The lowest BCUT2D eigenvalue weighted by Gasteiger charge is -2.00. The minimum absolute atomic E-state index is 0.152. The molecule has 9 nitrogen and oxygen atoms in total. The molecule has 0 radical (unpaired) electrons. The highest BCUT2D eigenvalue weighted by Crippen LogP contribution is 2.19.